The lowest BCUT2D eigenvalue weighted by Gasteiger charge is -2.47. The molecule has 1 aromatic heterocycles. The Morgan fingerprint density at radius 3 is 2.87 bits per heavy atom. The SMILES string of the molecule is [2H]C([2H])([2H])N(CC1CCNC(OC)C1)C1CCc2nc(C)n(CCOC3CCC(Cl)CC3C3CC(C)NC4C(C(=O)O)CSC34)c(=O)c2C1. The smallest absolute Gasteiger partial charge is 0.308 e. The van der Waals surface area contributed by atoms with Crippen LogP contribution in [0.15, 0.2) is 4.79 Å². The van der Waals surface area contributed by atoms with Crippen molar-refractivity contribution in [1.29, 1.82) is 0 Å². The first-order valence-corrected chi connectivity index (χ1v) is 18.8. The van der Waals surface area contributed by atoms with Gasteiger partial charge in [0, 0.05) is 57.8 Å². The molecule has 0 amide bonds. The maximum Gasteiger partial charge on any atom is 0.308 e. The van der Waals surface area contributed by atoms with Crippen molar-refractivity contribution in [3.05, 3.63) is 27.4 Å². The van der Waals surface area contributed by atoms with Crippen LogP contribution in [0.1, 0.15) is 73.1 Å². The number of hydrogen-bond donors (Lipinski definition) is 3. The van der Waals surface area contributed by atoms with E-state index in [0.717, 1.165) is 50.8 Å². The number of rotatable bonds is 10. The Morgan fingerprint density at radius 2 is 2.09 bits per heavy atom. The van der Waals surface area contributed by atoms with E-state index in [2.05, 4.69) is 17.6 Å². The second-order valence-electron chi connectivity index (χ2n) is 14.4. The van der Waals surface area contributed by atoms with Crippen molar-refractivity contribution >= 4 is 29.3 Å². The third-order valence-corrected chi connectivity index (χ3v) is 13.4. The fraction of sp³-hybridized carbons (Fsp3) is 0.853. The van der Waals surface area contributed by atoms with Gasteiger partial charge in [-0.05, 0) is 103 Å². The van der Waals surface area contributed by atoms with Gasteiger partial charge in [-0.25, -0.2) is 4.98 Å². The lowest BCUT2D eigenvalue weighted by atomic mass is 9.70. The highest BCUT2D eigenvalue weighted by Gasteiger charge is 2.51. The van der Waals surface area contributed by atoms with Crippen molar-refractivity contribution < 1.29 is 23.5 Å². The highest BCUT2D eigenvalue weighted by molar-refractivity contribution is 8.00. The van der Waals surface area contributed by atoms with Crippen molar-refractivity contribution in [2.45, 2.75) is 119 Å². The van der Waals surface area contributed by atoms with E-state index in [9.17, 15) is 14.7 Å². The second kappa shape index (κ2) is 15.1. The van der Waals surface area contributed by atoms with E-state index in [1.165, 1.54) is 0 Å². The molecule has 5 aliphatic rings. The maximum absolute atomic E-state index is 14.0. The molecule has 1 saturated carbocycles. The van der Waals surface area contributed by atoms with E-state index in [1.54, 1.807) is 28.3 Å². The van der Waals surface area contributed by atoms with E-state index in [1.807, 2.05) is 6.92 Å². The number of carboxylic acids is 1. The third kappa shape index (κ3) is 7.50. The van der Waals surface area contributed by atoms with Crippen LogP contribution in [-0.2, 0) is 33.7 Å². The number of aliphatic carboxylic acids is 1. The number of nitrogens with zero attached hydrogens (tertiary/aromatic N) is 3. The van der Waals surface area contributed by atoms with Crippen LogP contribution in [0.2, 0.25) is 0 Å². The number of carboxylic acid groups (broad SMARTS) is 1. The summed E-state index contributed by atoms with van der Waals surface area (Å²) in [6.45, 7) is 3.69. The molecule has 12 heteroatoms. The molecule has 0 aromatic carbocycles. The van der Waals surface area contributed by atoms with Gasteiger partial charge in [0.1, 0.15) is 12.1 Å². The lowest BCUT2D eigenvalue weighted by molar-refractivity contribution is -0.142. The molecule has 11 atom stereocenters. The number of fused-ring (bicyclic) bond motifs is 2. The standard InChI is InChI=1S/C34H54ClN5O5S/c1-19-13-25(32-31(37-19)27(18-46-32)34(42)43)24-15-22(35)5-8-29(24)45-12-11-40-20(2)38-28-7-6-23(16-26(28)33(40)41)39(3)17-21-9-10-36-30(14-21)44-4/h19,21-25,27,29-32,36-37H,5-18H2,1-4H3,(H,42,43)/i3D3. The molecule has 258 valence electrons. The number of aryl methyl sites for hydroxylation is 2. The van der Waals surface area contributed by atoms with Gasteiger partial charge in [0.05, 0.1) is 30.9 Å². The summed E-state index contributed by atoms with van der Waals surface area (Å²) in [5.74, 6) is 0.872. The molecule has 2 aliphatic carbocycles. The molecule has 4 fully saturated rings. The summed E-state index contributed by atoms with van der Waals surface area (Å²) in [6.07, 6.45) is 6.66. The molecule has 0 spiro atoms. The molecule has 3 saturated heterocycles. The van der Waals surface area contributed by atoms with Gasteiger partial charge in [-0.1, -0.05) is 0 Å². The minimum absolute atomic E-state index is 0.0121. The summed E-state index contributed by atoms with van der Waals surface area (Å²) in [5.41, 5.74) is 1.31. The van der Waals surface area contributed by atoms with E-state index in [4.69, 9.17) is 30.2 Å². The van der Waals surface area contributed by atoms with Crippen LogP contribution in [0.4, 0.5) is 0 Å². The minimum atomic E-state index is -2.27. The maximum atomic E-state index is 14.0. The molecule has 6 rings (SSSR count). The number of aromatic nitrogens is 2. The Balaban J connectivity index is 1.14. The van der Waals surface area contributed by atoms with Crippen LogP contribution >= 0.6 is 23.4 Å². The Labute approximate surface area is 287 Å². The Hall–Kier alpha value is -1.21. The van der Waals surface area contributed by atoms with Crippen LogP contribution in [-0.4, -0.2) is 106 Å². The summed E-state index contributed by atoms with van der Waals surface area (Å²) in [4.78, 5) is 32.5. The normalized spacial score (nSPS) is 39.2. The number of methoxy groups -OCH3 is 1. The van der Waals surface area contributed by atoms with Gasteiger partial charge in [-0.15, -0.1) is 11.6 Å². The first kappa shape index (κ1) is 30.8. The molecule has 3 aliphatic heterocycles. The lowest BCUT2D eigenvalue weighted by Crippen LogP contribution is -2.57. The van der Waals surface area contributed by atoms with Gasteiger partial charge in [0.2, 0.25) is 0 Å². The molecule has 0 bridgehead atoms. The summed E-state index contributed by atoms with van der Waals surface area (Å²) >= 11 is 8.53. The number of ether oxygens (including phenoxy) is 2. The quantitative estimate of drug-likeness (QED) is 0.318. The van der Waals surface area contributed by atoms with Crippen LogP contribution in [0.5, 0.6) is 0 Å². The van der Waals surface area contributed by atoms with Gasteiger partial charge >= 0.3 is 5.97 Å². The molecule has 11 unspecified atom stereocenters. The average molecular weight is 683 g/mol. The number of nitrogens with one attached hydrogen (secondary N) is 2. The molecular weight excluding hydrogens is 626 g/mol. The van der Waals surface area contributed by atoms with Gasteiger partial charge in [0.25, 0.3) is 5.56 Å². The van der Waals surface area contributed by atoms with Crippen molar-refractivity contribution in [1.82, 2.24) is 25.1 Å². The minimum Gasteiger partial charge on any atom is -0.481 e. The first-order chi connectivity index (χ1) is 23.3. The summed E-state index contributed by atoms with van der Waals surface area (Å²) < 4.78 is 39.0. The summed E-state index contributed by atoms with van der Waals surface area (Å²) in [7, 11) is 1.67. The predicted molar refractivity (Wildman–Crippen MR) is 182 cm³/mol. The summed E-state index contributed by atoms with van der Waals surface area (Å²) in [5, 5.41) is 17.1. The zero-order valence-electron chi connectivity index (χ0n) is 30.5. The Bertz CT molecular complexity index is 1390. The van der Waals surface area contributed by atoms with E-state index >= 15 is 0 Å². The number of carbonyl (C=O) groups is 1. The number of halogens is 1. The van der Waals surface area contributed by atoms with E-state index in [0.29, 0.717) is 62.0 Å². The van der Waals surface area contributed by atoms with Crippen molar-refractivity contribution in [3.8, 4) is 0 Å². The molecule has 46 heavy (non-hydrogen) atoms. The topological polar surface area (TPSA) is 118 Å². The van der Waals surface area contributed by atoms with Gasteiger partial charge in [-0.2, -0.15) is 11.8 Å². The molecule has 3 N–H and O–H groups in total. The zero-order chi connectivity index (χ0) is 35.0. The van der Waals surface area contributed by atoms with Crippen molar-refractivity contribution in [3.63, 3.8) is 0 Å². The fourth-order valence-electron chi connectivity index (χ4n) is 8.97. The summed E-state index contributed by atoms with van der Waals surface area (Å²) in [6, 6.07) is -0.102. The highest BCUT2D eigenvalue weighted by Crippen LogP contribution is 2.48. The van der Waals surface area contributed by atoms with Crippen LogP contribution < -0.4 is 16.2 Å². The van der Waals surface area contributed by atoms with E-state index in [-0.39, 0.29) is 64.4 Å². The molecule has 10 nitrogen and oxygen atoms in total. The number of piperidine rings is 2. The third-order valence-electron chi connectivity index (χ3n) is 11.4. The zero-order valence-corrected chi connectivity index (χ0v) is 29.0. The molecular formula is C34H54ClN5O5S. The number of alkyl halides is 1. The average Bonchev–Trinajstić information content (AvgIpc) is 3.49. The molecule has 0 radical (unpaired) electrons. The van der Waals surface area contributed by atoms with Crippen molar-refractivity contribution in [2.75, 3.05) is 39.5 Å². The molecule has 1 aromatic rings. The number of hydrogen-bond acceptors (Lipinski definition) is 9. The van der Waals surface area contributed by atoms with Gasteiger partial charge in [-0.3, -0.25) is 19.5 Å². The number of thioether (sulfide) groups is 1. The van der Waals surface area contributed by atoms with Crippen LogP contribution in [0.25, 0.3) is 0 Å². The highest BCUT2D eigenvalue weighted by atomic mass is 35.5. The second-order valence-corrected chi connectivity index (χ2v) is 16.2. The number of likely N-dealkylation sites (N-methyl/N-ethyl adjacent to an activating group) is 1. The fourth-order valence-corrected chi connectivity index (χ4v) is 11.1. The van der Waals surface area contributed by atoms with Crippen LogP contribution in [0, 0.1) is 30.6 Å². The molecule has 4 heterocycles. The largest absolute Gasteiger partial charge is 0.481 e. The monoisotopic (exact) mass is 682 g/mol. The Morgan fingerprint density at radius 1 is 1.24 bits per heavy atom. The van der Waals surface area contributed by atoms with Gasteiger partial charge in [0.15, 0.2) is 0 Å². The predicted octanol–water partition coefficient (Wildman–Crippen LogP) is 3.29. The van der Waals surface area contributed by atoms with Crippen LogP contribution in [0.3, 0.4) is 0 Å². The van der Waals surface area contributed by atoms with Crippen molar-refractivity contribution in [2.24, 2.45) is 23.7 Å². The first-order valence-electron chi connectivity index (χ1n) is 18.8. The van der Waals surface area contributed by atoms with E-state index < -0.39 is 12.9 Å². The Kier molecular flexibility index (Phi) is 10.1. The van der Waals surface area contributed by atoms with Gasteiger partial charge < -0.3 is 24.8 Å².